The van der Waals surface area contributed by atoms with E-state index in [2.05, 4.69) is 20.6 Å². The molecule has 0 saturated heterocycles. The zero-order valence-electron chi connectivity index (χ0n) is 12.3. The Morgan fingerprint density at radius 1 is 1.43 bits per heavy atom. The van der Waals surface area contributed by atoms with Crippen LogP contribution in [0.4, 0.5) is 0 Å². The van der Waals surface area contributed by atoms with E-state index >= 15 is 0 Å². The average Bonchev–Trinajstić information content (AvgIpc) is 2.95. The summed E-state index contributed by atoms with van der Waals surface area (Å²) in [7, 11) is 1.83. The van der Waals surface area contributed by atoms with Crippen LogP contribution in [0.25, 0.3) is 11.3 Å². The molecule has 0 spiro atoms. The second-order valence-electron chi connectivity index (χ2n) is 4.87. The highest BCUT2D eigenvalue weighted by atomic mass is 16.4. The van der Waals surface area contributed by atoms with Crippen LogP contribution in [0.3, 0.4) is 0 Å². The lowest BCUT2D eigenvalue weighted by Crippen LogP contribution is -2.38. The molecule has 0 aliphatic heterocycles. The average molecular weight is 291 g/mol. The fourth-order valence-corrected chi connectivity index (χ4v) is 2.05. The number of aromatic nitrogens is 4. The number of nitrogens with one attached hydrogen (secondary N) is 2. The minimum atomic E-state index is -1.10. The third-order valence-electron chi connectivity index (χ3n) is 3.31. The fraction of sp³-hybridized carbons (Fsp3) is 0.385. The number of hydrogen-bond donors (Lipinski definition) is 3. The molecule has 2 rings (SSSR count). The van der Waals surface area contributed by atoms with Crippen molar-refractivity contribution >= 4 is 11.9 Å². The quantitative estimate of drug-likeness (QED) is 0.764. The number of hydrogen-bond acceptors (Lipinski definition) is 4. The highest BCUT2D eigenvalue weighted by Gasteiger charge is 2.19. The van der Waals surface area contributed by atoms with E-state index in [0.29, 0.717) is 5.69 Å². The molecule has 0 saturated carbocycles. The molecule has 0 bridgehead atoms. The van der Waals surface area contributed by atoms with Gasteiger partial charge in [-0.2, -0.15) is 10.2 Å². The number of carbonyl (C=O) groups is 2. The smallest absolute Gasteiger partial charge is 0.325 e. The number of H-pyrrole nitrogens is 1. The molecule has 8 nitrogen and oxygen atoms in total. The van der Waals surface area contributed by atoms with E-state index in [9.17, 15) is 9.59 Å². The third kappa shape index (κ3) is 2.78. The summed E-state index contributed by atoms with van der Waals surface area (Å²) in [6.07, 6.45) is 0. The summed E-state index contributed by atoms with van der Waals surface area (Å²) in [6.45, 7) is 5.17. The van der Waals surface area contributed by atoms with Crippen molar-refractivity contribution in [1.82, 2.24) is 25.3 Å². The molecule has 3 N–H and O–H groups in total. The van der Waals surface area contributed by atoms with Crippen molar-refractivity contribution in [2.75, 3.05) is 0 Å². The molecular formula is C13H17N5O3. The second kappa shape index (κ2) is 5.39. The van der Waals surface area contributed by atoms with Gasteiger partial charge in [-0.1, -0.05) is 0 Å². The van der Waals surface area contributed by atoms with Gasteiger partial charge in [-0.3, -0.25) is 19.4 Å². The maximum absolute atomic E-state index is 11.9. The number of aromatic amines is 1. The van der Waals surface area contributed by atoms with Crippen LogP contribution in [0.2, 0.25) is 0 Å². The van der Waals surface area contributed by atoms with Gasteiger partial charge in [-0.25, -0.2) is 0 Å². The number of nitrogens with zero attached hydrogens (tertiary/aromatic N) is 3. The molecule has 1 atom stereocenters. The van der Waals surface area contributed by atoms with Crippen molar-refractivity contribution < 1.29 is 14.7 Å². The van der Waals surface area contributed by atoms with Gasteiger partial charge < -0.3 is 10.4 Å². The van der Waals surface area contributed by atoms with Gasteiger partial charge in [0.1, 0.15) is 11.7 Å². The molecule has 0 radical (unpaired) electrons. The summed E-state index contributed by atoms with van der Waals surface area (Å²) in [5.41, 5.74) is 3.42. The molecule has 2 aromatic rings. The lowest BCUT2D eigenvalue weighted by atomic mass is 10.1. The molecular weight excluding hydrogens is 274 g/mol. The van der Waals surface area contributed by atoms with Gasteiger partial charge in [0.05, 0.1) is 11.4 Å². The van der Waals surface area contributed by atoms with Crippen molar-refractivity contribution in [1.29, 1.82) is 0 Å². The summed E-state index contributed by atoms with van der Waals surface area (Å²) < 4.78 is 1.74. The van der Waals surface area contributed by atoms with Crippen molar-refractivity contribution in [3.05, 3.63) is 23.1 Å². The Balaban J connectivity index is 2.26. The number of rotatable bonds is 4. The molecule has 2 aromatic heterocycles. The number of carbonyl (C=O) groups excluding carboxylic acids is 1. The maximum Gasteiger partial charge on any atom is 0.325 e. The van der Waals surface area contributed by atoms with E-state index in [1.807, 2.05) is 20.9 Å². The lowest BCUT2D eigenvalue weighted by molar-refractivity contribution is -0.138. The van der Waals surface area contributed by atoms with Crippen LogP contribution in [0.15, 0.2) is 6.07 Å². The third-order valence-corrected chi connectivity index (χ3v) is 3.31. The predicted molar refractivity (Wildman–Crippen MR) is 74.8 cm³/mol. The molecule has 2 heterocycles. The van der Waals surface area contributed by atoms with Crippen molar-refractivity contribution in [3.8, 4) is 11.3 Å². The standard InChI is InChI=1S/C13H17N5O3/c1-6-11(8(3)18(4)17-6)9-5-10(16-15-9)12(19)14-7(2)13(20)21/h5,7H,1-4H3,(H,14,19)(H,15,16)(H,20,21)/t7-/m1/s1. The highest BCUT2D eigenvalue weighted by molar-refractivity contribution is 5.95. The number of carboxylic acid groups (broad SMARTS) is 1. The van der Waals surface area contributed by atoms with E-state index in [4.69, 9.17) is 5.11 Å². The van der Waals surface area contributed by atoms with Gasteiger partial charge in [-0.15, -0.1) is 0 Å². The maximum atomic E-state index is 11.9. The predicted octanol–water partition coefficient (Wildman–Crippen LogP) is 0.630. The first-order chi connectivity index (χ1) is 9.81. The van der Waals surface area contributed by atoms with Crippen LogP contribution in [0.1, 0.15) is 28.8 Å². The van der Waals surface area contributed by atoms with Crippen LogP contribution in [-0.4, -0.2) is 43.0 Å². The summed E-state index contributed by atoms with van der Waals surface area (Å²) >= 11 is 0. The van der Waals surface area contributed by atoms with Crippen LogP contribution < -0.4 is 5.32 Å². The summed E-state index contributed by atoms with van der Waals surface area (Å²) in [5, 5.41) is 22.2. The summed E-state index contributed by atoms with van der Waals surface area (Å²) in [5.74, 6) is -1.61. The van der Waals surface area contributed by atoms with Gasteiger partial charge in [-0.05, 0) is 26.8 Å². The monoisotopic (exact) mass is 291 g/mol. The second-order valence-corrected chi connectivity index (χ2v) is 4.87. The molecule has 1 amide bonds. The molecule has 112 valence electrons. The van der Waals surface area contributed by atoms with Crippen LogP contribution >= 0.6 is 0 Å². The first kappa shape index (κ1) is 14.8. The molecule has 0 aliphatic rings. The Labute approximate surface area is 121 Å². The van der Waals surface area contributed by atoms with Crippen molar-refractivity contribution in [2.45, 2.75) is 26.8 Å². The topological polar surface area (TPSA) is 113 Å². The summed E-state index contributed by atoms with van der Waals surface area (Å²) in [6, 6.07) is 0.618. The minimum absolute atomic E-state index is 0.209. The van der Waals surface area contributed by atoms with E-state index in [1.54, 1.807) is 10.7 Å². The SMILES string of the molecule is Cc1nn(C)c(C)c1-c1cc(C(=O)N[C@H](C)C(=O)O)[nH]n1. The van der Waals surface area contributed by atoms with Gasteiger partial charge in [0.15, 0.2) is 0 Å². The Hall–Kier alpha value is -2.64. The number of amides is 1. The van der Waals surface area contributed by atoms with E-state index < -0.39 is 17.9 Å². The normalized spacial score (nSPS) is 12.2. The fourth-order valence-electron chi connectivity index (χ4n) is 2.05. The first-order valence-corrected chi connectivity index (χ1v) is 6.41. The van der Waals surface area contributed by atoms with Crippen molar-refractivity contribution in [2.24, 2.45) is 7.05 Å². The largest absolute Gasteiger partial charge is 0.480 e. The number of aliphatic carboxylic acids is 1. The summed E-state index contributed by atoms with van der Waals surface area (Å²) in [4.78, 5) is 22.6. The Kier molecular flexibility index (Phi) is 3.79. The number of aryl methyl sites for hydroxylation is 2. The minimum Gasteiger partial charge on any atom is -0.480 e. The number of carboxylic acids is 1. The molecule has 0 fully saturated rings. The van der Waals surface area contributed by atoms with Crippen LogP contribution in [-0.2, 0) is 11.8 Å². The van der Waals surface area contributed by atoms with Crippen molar-refractivity contribution in [3.63, 3.8) is 0 Å². The molecule has 0 unspecified atom stereocenters. The van der Waals surface area contributed by atoms with Gasteiger partial charge in [0.2, 0.25) is 0 Å². The first-order valence-electron chi connectivity index (χ1n) is 6.41. The molecule has 8 heteroatoms. The molecule has 0 aliphatic carbocycles. The van der Waals surface area contributed by atoms with Gasteiger partial charge in [0, 0.05) is 18.3 Å². The van der Waals surface area contributed by atoms with E-state index in [1.165, 1.54) is 6.92 Å². The zero-order chi connectivity index (χ0) is 15.7. The molecule has 21 heavy (non-hydrogen) atoms. The Morgan fingerprint density at radius 3 is 2.62 bits per heavy atom. The highest BCUT2D eigenvalue weighted by Crippen LogP contribution is 2.25. The van der Waals surface area contributed by atoms with Gasteiger partial charge >= 0.3 is 5.97 Å². The van der Waals surface area contributed by atoms with E-state index in [-0.39, 0.29) is 5.69 Å². The van der Waals surface area contributed by atoms with E-state index in [0.717, 1.165) is 17.0 Å². The van der Waals surface area contributed by atoms with Crippen LogP contribution in [0, 0.1) is 13.8 Å². The van der Waals surface area contributed by atoms with Gasteiger partial charge in [0.25, 0.3) is 5.91 Å². The zero-order valence-corrected chi connectivity index (χ0v) is 12.3. The molecule has 0 aromatic carbocycles. The Bertz CT molecular complexity index is 701. The lowest BCUT2D eigenvalue weighted by Gasteiger charge is -2.06. The Morgan fingerprint density at radius 2 is 2.10 bits per heavy atom. The van der Waals surface area contributed by atoms with Crippen LogP contribution in [0.5, 0.6) is 0 Å².